The highest BCUT2D eigenvalue weighted by Crippen LogP contribution is 2.23. The summed E-state index contributed by atoms with van der Waals surface area (Å²) in [6, 6.07) is 11.5. The predicted octanol–water partition coefficient (Wildman–Crippen LogP) is 3.14. The standard InChI is InChI=1S/C15H14BrFN2O/c16-14-12(5-2-6-13(14)18)15(20)19-8-7-10-3-1-4-11(17)9-10/h1-6,9H,7-8,18H2,(H,19,20). The van der Waals surface area contributed by atoms with Gasteiger partial charge in [-0.1, -0.05) is 18.2 Å². The van der Waals surface area contributed by atoms with E-state index >= 15 is 0 Å². The van der Waals surface area contributed by atoms with Crippen molar-refractivity contribution in [3.05, 3.63) is 63.9 Å². The number of nitrogens with one attached hydrogen (secondary N) is 1. The van der Waals surface area contributed by atoms with Crippen molar-refractivity contribution in [2.75, 3.05) is 12.3 Å². The summed E-state index contributed by atoms with van der Waals surface area (Å²) in [4.78, 5) is 12.0. The normalized spacial score (nSPS) is 10.3. The first-order valence-electron chi connectivity index (χ1n) is 6.14. The number of benzene rings is 2. The summed E-state index contributed by atoms with van der Waals surface area (Å²) >= 11 is 3.29. The summed E-state index contributed by atoms with van der Waals surface area (Å²) in [7, 11) is 0. The first kappa shape index (κ1) is 14.5. The van der Waals surface area contributed by atoms with E-state index in [-0.39, 0.29) is 11.7 Å². The minimum absolute atomic E-state index is 0.208. The fraction of sp³-hybridized carbons (Fsp3) is 0.133. The van der Waals surface area contributed by atoms with Crippen molar-refractivity contribution in [1.29, 1.82) is 0 Å². The molecule has 0 bridgehead atoms. The predicted molar refractivity (Wildman–Crippen MR) is 81.0 cm³/mol. The molecule has 0 aliphatic carbocycles. The van der Waals surface area contributed by atoms with E-state index in [1.54, 1.807) is 24.3 Å². The lowest BCUT2D eigenvalue weighted by atomic mass is 10.1. The van der Waals surface area contributed by atoms with Gasteiger partial charge in [-0.3, -0.25) is 4.79 Å². The Kier molecular flexibility index (Phi) is 4.74. The van der Waals surface area contributed by atoms with Gasteiger partial charge in [0.15, 0.2) is 0 Å². The molecule has 0 unspecified atom stereocenters. The average Bonchev–Trinajstić information content (AvgIpc) is 2.42. The van der Waals surface area contributed by atoms with Crippen LogP contribution in [0.2, 0.25) is 0 Å². The van der Waals surface area contributed by atoms with Gasteiger partial charge < -0.3 is 11.1 Å². The number of nitrogen functional groups attached to an aromatic ring is 1. The molecule has 0 aliphatic heterocycles. The Morgan fingerprint density at radius 3 is 2.75 bits per heavy atom. The van der Waals surface area contributed by atoms with Crippen molar-refractivity contribution in [2.24, 2.45) is 0 Å². The number of hydrogen-bond acceptors (Lipinski definition) is 2. The Labute approximate surface area is 125 Å². The van der Waals surface area contributed by atoms with Gasteiger partial charge in [-0.05, 0) is 52.2 Å². The van der Waals surface area contributed by atoms with Crippen LogP contribution in [0.15, 0.2) is 46.9 Å². The SMILES string of the molecule is Nc1cccc(C(=O)NCCc2cccc(F)c2)c1Br. The summed E-state index contributed by atoms with van der Waals surface area (Å²) in [5.74, 6) is -0.479. The zero-order chi connectivity index (χ0) is 14.5. The van der Waals surface area contributed by atoms with Crippen molar-refractivity contribution in [2.45, 2.75) is 6.42 Å². The molecule has 0 spiro atoms. The number of hydrogen-bond donors (Lipinski definition) is 2. The monoisotopic (exact) mass is 336 g/mol. The molecule has 2 aromatic rings. The molecule has 20 heavy (non-hydrogen) atoms. The number of rotatable bonds is 4. The summed E-state index contributed by atoms with van der Waals surface area (Å²) < 4.78 is 13.6. The molecule has 5 heteroatoms. The van der Waals surface area contributed by atoms with Crippen molar-refractivity contribution in [1.82, 2.24) is 5.32 Å². The Bertz CT molecular complexity index is 631. The van der Waals surface area contributed by atoms with Crippen LogP contribution in [0.5, 0.6) is 0 Å². The molecule has 0 radical (unpaired) electrons. The van der Waals surface area contributed by atoms with Gasteiger partial charge in [0.1, 0.15) is 5.82 Å². The minimum Gasteiger partial charge on any atom is -0.398 e. The Morgan fingerprint density at radius 2 is 2.00 bits per heavy atom. The van der Waals surface area contributed by atoms with Crippen molar-refractivity contribution in [3.63, 3.8) is 0 Å². The minimum atomic E-state index is -0.271. The highest BCUT2D eigenvalue weighted by Gasteiger charge is 2.10. The van der Waals surface area contributed by atoms with E-state index < -0.39 is 0 Å². The maximum Gasteiger partial charge on any atom is 0.252 e. The van der Waals surface area contributed by atoms with Crippen LogP contribution in [0.4, 0.5) is 10.1 Å². The number of amides is 1. The number of carbonyl (C=O) groups is 1. The van der Waals surface area contributed by atoms with Crippen molar-refractivity contribution in [3.8, 4) is 0 Å². The van der Waals surface area contributed by atoms with E-state index in [0.717, 1.165) is 5.56 Å². The lowest BCUT2D eigenvalue weighted by Crippen LogP contribution is -2.26. The van der Waals surface area contributed by atoms with Crippen LogP contribution in [0, 0.1) is 5.82 Å². The quantitative estimate of drug-likeness (QED) is 0.842. The Balaban J connectivity index is 1.94. The largest absolute Gasteiger partial charge is 0.398 e. The second-order valence-corrected chi connectivity index (χ2v) is 5.14. The molecule has 0 aliphatic rings. The third-order valence-corrected chi connectivity index (χ3v) is 3.75. The maximum absolute atomic E-state index is 13.0. The number of halogens is 2. The fourth-order valence-corrected chi connectivity index (χ4v) is 2.28. The van der Waals surface area contributed by atoms with Crippen LogP contribution in [0.25, 0.3) is 0 Å². The van der Waals surface area contributed by atoms with Gasteiger partial charge in [0.05, 0.1) is 10.0 Å². The van der Waals surface area contributed by atoms with Gasteiger partial charge in [0.2, 0.25) is 0 Å². The van der Waals surface area contributed by atoms with Crippen LogP contribution in [-0.4, -0.2) is 12.5 Å². The highest BCUT2D eigenvalue weighted by molar-refractivity contribution is 9.10. The molecule has 0 fully saturated rings. The van der Waals surface area contributed by atoms with Gasteiger partial charge in [0.25, 0.3) is 5.91 Å². The van der Waals surface area contributed by atoms with Crippen LogP contribution >= 0.6 is 15.9 Å². The second kappa shape index (κ2) is 6.52. The van der Waals surface area contributed by atoms with Crippen LogP contribution in [0.3, 0.4) is 0 Å². The molecule has 0 heterocycles. The Hall–Kier alpha value is -1.88. The number of carbonyl (C=O) groups excluding carboxylic acids is 1. The van der Waals surface area contributed by atoms with Gasteiger partial charge in [-0.25, -0.2) is 4.39 Å². The third-order valence-electron chi connectivity index (χ3n) is 2.86. The molecule has 2 rings (SSSR count). The molecule has 2 aromatic carbocycles. The zero-order valence-electron chi connectivity index (χ0n) is 10.7. The summed E-state index contributed by atoms with van der Waals surface area (Å²) in [5, 5.41) is 2.79. The molecular weight excluding hydrogens is 323 g/mol. The number of anilines is 1. The molecule has 0 atom stereocenters. The number of nitrogens with two attached hydrogens (primary N) is 1. The lowest BCUT2D eigenvalue weighted by Gasteiger charge is -2.08. The molecule has 104 valence electrons. The Morgan fingerprint density at radius 1 is 1.25 bits per heavy atom. The molecule has 1 amide bonds. The molecule has 3 N–H and O–H groups in total. The summed E-state index contributed by atoms with van der Waals surface area (Å²) in [5.41, 5.74) is 7.58. The first-order valence-corrected chi connectivity index (χ1v) is 6.94. The highest BCUT2D eigenvalue weighted by atomic mass is 79.9. The van der Waals surface area contributed by atoms with E-state index in [2.05, 4.69) is 21.2 Å². The molecule has 0 saturated carbocycles. The first-order chi connectivity index (χ1) is 9.58. The molecular formula is C15H14BrFN2O. The van der Waals surface area contributed by atoms with Crippen molar-refractivity contribution < 1.29 is 9.18 Å². The molecule has 0 saturated heterocycles. The van der Waals surface area contributed by atoms with E-state index in [4.69, 9.17) is 5.73 Å². The van der Waals surface area contributed by atoms with Crippen LogP contribution in [0.1, 0.15) is 15.9 Å². The summed E-state index contributed by atoms with van der Waals surface area (Å²) in [6.07, 6.45) is 0.573. The third kappa shape index (κ3) is 3.57. The van der Waals surface area contributed by atoms with E-state index in [0.29, 0.717) is 28.7 Å². The van der Waals surface area contributed by atoms with E-state index in [1.807, 2.05) is 6.07 Å². The average molecular weight is 337 g/mol. The fourth-order valence-electron chi connectivity index (χ4n) is 1.83. The summed E-state index contributed by atoms with van der Waals surface area (Å²) in [6.45, 7) is 0.434. The van der Waals surface area contributed by atoms with Gasteiger partial charge in [-0.2, -0.15) is 0 Å². The van der Waals surface area contributed by atoms with Gasteiger partial charge in [0, 0.05) is 12.2 Å². The van der Waals surface area contributed by atoms with E-state index in [1.165, 1.54) is 12.1 Å². The van der Waals surface area contributed by atoms with Gasteiger partial charge in [-0.15, -0.1) is 0 Å². The topological polar surface area (TPSA) is 55.1 Å². The smallest absolute Gasteiger partial charge is 0.252 e. The zero-order valence-corrected chi connectivity index (χ0v) is 12.3. The second-order valence-electron chi connectivity index (χ2n) is 4.34. The van der Waals surface area contributed by atoms with Crippen LogP contribution < -0.4 is 11.1 Å². The molecule has 0 aromatic heterocycles. The molecule has 3 nitrogen and oxygen atoms in total. The lowest BCUT2D eigenvalue weighted by molar-refractivity contribution is 0.0953. The van der Waals surface area contributed by atoms with Crippen molar-refractivity contribution >= 4 is 27.5 Å². The van der Waals surface area contributed by atoms with Gasteiger partial charge >= 0.3 is 0 Å². The van der Waals surface area contributed by atoms with Crippen LogP contribution in [-0.2, 0) is 6.42 Å². The maximum atomic E-state index is 13.0. The van der Waals surface area contributed by atoms with E-state index in [9.17, 15) is 9.18 Å².